The maximum absolute atomic E-state index is 12.6. The number of ether oxygens (including phenoxy) is 3. The minimum absolute atomic E-state index is 0.213. The normalized spacial score (nSPS) is 10.6. The summed E-state index contributed by atoms with van der Waals surface area (Å²) < 4.78 is 16.6. The van der Waals surface area contributed by atoms with E-state index in [-0.39, 0.29) is 10.8 Å². The van der Waals surface area contributed by atoms with Crippen LogP contribution in [0.25, 0.3) is 0 Å². The van der Waals surface area contributed by atoms with Crippen LogP contribution in [0.4, 0.5) is 5.69 Å². The summed E-state index contributed by atoms with van der Waals surface area (Å²) in [5, 5.41) is 6.74. The first-order chi connectivity index (χ1) is 18.3. The molecule has 3 rings (SSSR count). The summed E-state index contributed by atoms with van der Waals surface area (Å²) in [5.74, 6) is -1.31. The molecule has 3 aromatic rings. The minimum atomic E-state index is -0.992. The number of hydrogen-bond donors (Lipinski definition) is 2. The smallest absolute Gasteiger partial charge is 0.343 e. The van der Waals surface area contributed by atoms with Gasteiger partial charge in [0.2, 0.25) is 0 Å². The van der Waals surface area contributed by atoms with Crippen LogP contribution in [0.2, 0.25) is 10.0 Å². The molecule has 0 heterocycles. The fourth-order valence-corrected chi connectivity index (χ4v) is 3.30. The van der Waals surface area contributed by atoms with Crippen LogP contribution in [0.5, 0.6) is 17.2 Å². The molecule has 0 aliphatic rings. The molecule has 0 saturated carbocycles. The third kappa shape index (κ3) is 8.22. The zero-order chi connectivity index (χ0) is 27.5. The van der Waals surface area contributed by atoms with Gasteiger partial charge in [0.15, 0.2) is 11.5 Å². The summed E-state index contributed by atoms with van der Waals surface area (Å²) in [6.45, 7) is 4.70. The predicted octanol–water partition coefficient (Wildman–Crippen LogP) is 5.49. The number of esters is 1. The largest absolute Gasteiger partial charge is 0.494 e. The van der Waals surface area contributed by atoms with Gasteiger partial charge in [-0.1, -0.05) is 30.1 Å². The van der Waals surface area contributed by atoms with E-state index in [1.165, 1.54) is 24.4 Å². The Morgan fingerprint density at radius 3 is 2.32 bits per heavy atom. The first-order valence-electron chi connectivity index (χ1n) is 11.6. The number of nitrogens with one attached hydrogen (secondary N) is 2. The Morgan fingerprint density at radius 1 is 0.868 bits per heavy atom. The van der Waals surface area contributed by atoms with Crippen molar-refractivity contribution < 1.29 is 28.6 Å². The lowest BCUT2D eigenvalue weighted by Gasteiger charge is -2.12. The number of carbonyl (C=O) groups excluding carboxylic acids is 3. The highest BCUT2D eigenvalue weighted by molar-refractivity contribution is 6.43. The molecule has 0 unspecified atom stereocenters. The quantitative estimate of drug-likeness (QED) is 0.112. The lowest BCUT2D eigenvalue weighted by molar-refractivity contribution is -0.136. The SMILES string of the molecule is CCCOc1ccc(C(=O)Oc2ccc(C=NNC(=O)C(=O)Nc3ccc(Cl)c(Cl)c3)cc2OCC)cc1. The predicted molar refractivity (Wildman–Crippen MR) is 146 cm³/mol. The van der Waals surface area contributed by atoms with E-state index < -0.39 is 17.8 Å². The first-order valence-corrected chi connectivity index (χ1v) is 12.4. The molecule has 3 aromatic carbocycles. The first kappa shape index (κ1) is 28.5. The van der Waals surface area contributed by atoms with Crippen molar-refractivity contribution in [1.82, 2.24) is 5.43 Å². The van der Waals surface area contributed by atoms with Gasteiger partial charge in [-0.15, -0.1) is 0 Å². The molecule has 38 heavy (non-hydrogen) atoms. The molecule has 0 saturated heterocycles. The number of halogens is 2. The zero-order valence-corrected chi connectivity index (χ0v) is 22.1. The molecule has 198 valence electrons. The van der Waals surface area contributed by atoms with E-state index in [0.29, 0.717) is 46.5 Å². The number of amides is 2. The fraction of sp³-hybridized carbons (Fsp3) is 0.185. The number of carbonyl (C=O) groups is 3. The van der Waals surface area contributed by atoms with Crippen molar-refractivity contribution in [2.24, 2.45) is 5.10 Å². The minimum Gasteiger partial charge on any atom is -0.494 e. The molecule has 2 amide bonds. The maximum atomic E-state index is 12.6. The topological polar surface area (TPSA) is 115 Å². The number of hydrogen-bond acceptors (Lipinski definition) is 7. The number of hydrazone groups is 1. The number of benzene rings is 3. The van der Waals surface area contributed by atoms with Crippen molar-refractivity contribution in [3.8, 4) is 17.2 Å². The van der Waals surface area contributed by atoms with Gasteiger partial charge in [-0.3, -0.25) is 9.59 Å². The number of rotatable bonds is 10. The highest BCUT2D eigenvalue weighted by atomic mass is 35.5. The molecule has 0 fully saturated rings. The molecule has 0 atom stereocenters. The molecule has 11 heteroatoms. The van der Waals surface area contributed by atoms with E-state index in [1.54, 1.807) is 49.4 Å². The van der Waals surface area contributed by atoms with Crippen molar-refractivity contribution in [2.75, 3.05) is 18.5 Å². The summed E-state index contributed by atoms with van der Waals surface area (Å²) in [7, 11) is 0. The van der Waals surface area contributed by atoms with Crippen LogP contribution < -0.4 is 25.0 Å². The molecule has 2 N–H and O–H groups in total. The van der Waals surface area contributed by atoms with Gasteiger partial charge in [-0.25, -0.2) is 10.2 Å². The third-order valence-electron chi connectivity index (χ3n) is 4.80. The van der Waals surface area contributed by atoms with E-state index in [0.717, 1.165) is 6.42 Å². The molecular formula is C27H25Cl2N3O6. The second-order valence-corrected chi connectivity index (χ2v) is 8.50. The van der Waals surface area contributed by atoms with Crippen LogP contribution in [0.3, 0.4) is 0 Å². The Morgan fingerprint density at radius 2 is 1.63 bits per heavy atom. The molecule has 0 spiro atoms. The molecule has 0 bridgehead atoms. The standard InChI is InChI=1S/C27H25Cl2N3O6/c1-3-13-37-20-9-6-18(7-10-20)27(35)38-23-12-5-17(14-24(23)36-4-2)16-30-32-26(34)25(33)31-19-8-11-21(28)22(29)15-19/h5-12,14-16H,3-4,13H2,1-2H3,(H,31,33)(H,32,34). The van der Waals surface area contributed by atoms with Crippen LogP contribution in [-0.2, 0) is 9.59 Å². The maximum Gasteiger partial charge on any atom is 0.343 e. The second-order valence-electron chi connectivity index (χ2n) is 7.68. The number of anilines is 1. The van der Waals surface area contributed by atoms with Crippen LogP contribution in [0.1, 0.15) is 36.2 Å². The highest BCUT2D eigenvalue weighted by Crippen LogP contribution is 2.29. The van der Waals surface area contributed by atoms with Crippen LogP contribution >= 0.6 is 23.2 Å². The van der Waals surface area contributed by atoms with E-state index in [2.05, 4.69) is 15.8 Å². The van der Waals surface area contributed by atoms with Gasteiger partial charge in [0, 0.05) is 5.69 Å². The summed E-state index contributed by atoms with van der Waals surface area (Å²) >= 11 is 11.7. The Hall–Kier alpha value is -4.08. The van der Waals surface area contributed by atoms with Crippen LogP contribution in [-0.4, -0.2) is 37.2 Å². The van der Waals surface area contributed by atoms with Crippen LogP contribution in [0.15, 0.2) is 65.8 Å². The Kier molecular flexibility index (Phi) is 10.5. The van der Waals surface area contributed by atoms with Crippen molar-refractivity contribution in [3.05, 3.63) is 81.8 Å². The van der Waals surface area contributed by atoms with Gasteiger partial charge in [0.25, 0.3) is 0 Å². The Bertz CT molecular complexity index is 1330. The third-order valence-corrected chi connectivity index (χ3v) is 5.54. The molecule has 9 nitrogen and oxygen atoms in total. The van der Waals surface area contributed by atoms with Gasteiger partial charge in [0.05, 0.1) is 35.0 Å². The Balaban J connectivity index is 1.61. The molecule has 0 radical (unpaired) electrons. The number of nitrogens with zero attached hydrogens (tertiary/aromatic N) is 1. The molecule has 0 aromatic heterocycles. The lowest BCUT2D eigenvalue weighted by Crippen LogP contribution is -2.32. The van der Waals surface area contributed by atoms with Crippen LogP contribution in [0, 0.1) is 0 Å². The summed E-state index contributed by atoms with van der Waals surface area (Å²) in [6.07, 6.45) is 2.19. The van der Waals surface area contributed by atoms with E-state index in [9.17, 15) is 14.4 Å². The summed E-state index contributed by atoms with van der Waals surface area (Å²) in [5.41, 5.74) is 3.31. The van der Waals surface area contributed by atoms with Gasteiger partial charge in [0.1, 0.15) is 5.75 Å². The van der Waals surface area contributed by atoms with E-state index in [1.807, 2.05) is 6.92 Å². The van der Waals surface area contributed by atoms with Crippen molar-refractivity contribution in [2.45, 2.75) is 20.3 Å². The van der Waals surface area contributed by atoms with Gasteiger partial charge in [-0.05, 0) is 79.6 Å². The molecule has 0 aliphatic carbocycles. The van der Waals surface area contributed by atoms with E-state index in [4.69, 9.17) is 37.4 Å². The Labute approximate surface area is 229 Å². The average molecular weight is 558 g/mol. The lowest BCUT2D eigenvalue weighted by atomic mass is 10.2. The highest BCUT2D eigenvalue weighted by Gasteiger charge is 2.15. The van der Waals surface area contributed by atoms with Crippen molar-refractivity contribution in [3.63, 3.8) is 0 Å². The summed E-state index contributed by atoms with van der Waals surface area (Å²) in [6, 6.07) is 15.8. The molecular weight excluding hydrogens is 533 g/mol. The van der Waals surface area contributed by atoms with Crippen molar-refractivity contribution >= 4 is 52.9 Å². The summed E-state index contributed by atoms with van der Waals surface area (Å²) in [4.78, 5) is 36.7. The van der Waals surface area contributed by atoms with E-state index >= 15 is 0 Å². The van der Waals surface area contributed by atoms with Crippen molar-refractivity contribution in [1.29, 1.82) is 0 Å². The second kappa shape index (κ2) is 14.0. The average Bonchev–Trinajstić information content (AvgIpc) is 2.91. The molecule has 0 aliphatic heterocycles. The van der Waals surface area contributed by atoms with Gasteiger partial charge < -0.3 is 19.5 Å². The van der Waals surface area contributed by atoms with Gasteiger partial charge >= 0.3 is 17.8 Å². The fourth-order valence-electron chi connectivity index (χ4n) is 3.00. The van der Waals surface area contributed by atoms with Gasteiger partial charge in [-0.2, -0.15) is 5.10 Å². The zero-order valence-electron chi connectivity index (χ0n) is 20.6. The monoisotopic (exact) mass is 557 g/mol.